The maximum absolute atomic E-state index is 11.6. The van der Waals surface area contributed by atoms with Crippen LogP contribution < -0.4 is 5.32 Å². The monoisotopic (exact) mass is 183 g/mol. The highest BCUT2D eigenvalue weighted by Gasteiger charge is 2.42. The molecule has 1 N–H and O–H groups in total. The lowest BCUT2D eigenvalue weighted by Gasteiger charge is -2.23. The summed E-state index contributed by atoms with van der Waals surface area (Å²) in [5.74, 6) is 1.09. The van der Waals surface area contributed by atoms with Gasteiger partial charge >= 0.3 is 0 Å². The van der Waals surface area contributed by atoms with Crippen LogP contribution in [0.2, 0.25) is 0 Å². The molecule has 0 radical (unpaired) electrons. The molecule has 1 aliphatic heterocycles. The second-order valence-corrected chi connectivity index (χ2v) is 4.67. The molecule has 3 heteroatoms. The van der Waals surface area contributed by atoms with E-state index in [0.717, 1.165) is 19.4 Å². The van der Waals surface area contributed by atoms with Crippen LogP contribution in [0.15, 0.2) is 0 Å². The van der Waals surface area contributed by atoms with Crippen LogP contribution in [0.4, 0.5) is 0 Å². The summed E-state index contributed by atoms with van der Waals surface area (Å²) in [7, 11) is 0. The van der Waals surface area contributed by atoms with Gasteiger partial charge < -0.3 is 10.1 Å². The first-order valence-corrected chi connectivity index (χ1v) is 5.00. The highest BCUT2D eigenvalue weighted by molar-refractivity contribution is 5.82. The van der Waals surface area contributed by atoms with Crippen LogP contribution in [-0.2, 0) is 9.53 Å². The quantitative estimate of drug-likeness (QED) is 0.692. The lowest BCUT2D eigenvalue weighted by atomic mass is 10.0. The van der Waals surface area contributed by atoms with Gasteiger partial charge in [0.15, 0.2) is 0 Å². The summed E-state index contributed by atoms with van der Waals surface area (Å²) in [6, 6.07) is 0. The summed E-state index contributed by atoms with van der Waals surface area (Å²) in [4.78, 5) is 11.6. The van der Waals surface area contributed by atoms with Gasteiger partial charge in [0.1, 0.15) is 0 Å². The van der Waals surface area contributed by atoms with Gasteiger partial charge in [0.2, 0.25) is 5.91 Å². The zero-order chi connectivity index (χ0) is 9.47. The second kappa shape index (κ2) is 2.98. The van der Waals surface area contributed by atoms with Gasteiger partial charge in [0.05, 0.1) is 12.1 Å². The Morgan fingerprint density at radius 2 is 2.31 bits per heavy atom. The molecule has 13 heavy (non-hydrogen) atoms. The SMILES string of the molecule is CC1CC1C(=O)NC1(C)CCOC1. The average Bonchev–Trinajstić information content (AvgIpc) is 2.63. The second-order valence-electron chi connectivity index (χ2n) is 4.67. The molecule has 1 heterocycles. The molecule has 2 aliphatic rings. The van der Waals surface area contributed by atoms with Crippen molar-refractivity contribution in [2.75, 3.05) is 13.2 Å². The van der Waals surface area contributed by atoms with E-state index >= 15 is 0 Å². The molecule has 1 amide bonds. The Morgan fingerprint density at radius 1 is 1.62 bits per heavy atom. The molecule has 74 valence electrons. The first-order chi connectivity index (χ1) is 6.11. The highest BCUT2D eigenvalue weighted by atomic mass is 16.5. The first-order valence-electron chi connectivity index (χ1n) is 5.00. The van der Waals surface area contributed by atoms with E-state index in [4.69, 9.17) is 4.74 Å². The molecule has 2 rings (SSSR count). The molecule has 0 spiro atoms. The Kier molecular flexibility index (Phi) is 2.06. The van der Waals surface area contributed by atoms with Crippen LogP contribution in [0.1, 0.15) is 26.7 Å². The van der Waals surface area contributed by atoms with Crippen LogP contribution in [0.3, 0.4) is 0 Å². The number of ether oxygens (including phenoxy) is 1. The maximum Gasteiger partial charge on any atom is 0.223 e. The topological polar surface area (TPSA) is 38.3 Å². The fourth-order valence-electron chi connectivity index (χ4n) is 1.84. The fourth-order valence-corrected chi connectivity index (χ4v) is 1.84. The summed E-state index contributed by atoms with van der Waals surface area (Å²) >= 11 is 0. The van der Waals surface area contributed by atoms with Crippen molar-refractivity contribution < 1.29 is 9.53 Å². The predicted molar refractivity (Wildman–Crippen MR) is 49.3 cm³/mol. The van der Waals surface area contributed by atoms with E-state index in [1.165, 1.54) is 0 Å². The van der Waals surface area contributed by atoms with E-state index in [9.17, 15) is 4.79 Å². The summed E-state index contributed by atoms with van der Waals surface area (Å²) in [5.41, 5.74) is -0.0978. The number of carbonyl (C=O) groups excluding carboxylic acids is 1. The van der Waals surface area contributed by atoms with E-state index in [0.29, 0.717) is 12.5 Å². The minimum Gasteiger partial charge on any atom is -0.379 e. The highest BCUT2D eigenvalue weighted by Crippen LogP contribution is 2.38. The fraction of sp³-hybridized carbons (Fsp3) is 0.900. The number of hydrogen-bond acceptors (Lipinski definition) is 2. The third-order valence-corrected chi connectivity index (χ3v) is 3.09. The van der Waals surface area contributed by atoms with Crippen LogP contribution in [0.5, 0.6) is 0 Å². The molecule has 0 aromatic rings. The molecular weight excluding hydrogens is 166 g/mol. The lowest BCUT2D eigenvalue weighted by molar-refractivity contribution is -0.124. The van der Waals surface area contributed by atoms with Gasteiger partial charge in [0.25, 0.3) is 0 Å². The molecule has 0 aromatic carbocycles. The molecule has 0 aromatic heterocycles. The Morgan fingerprint density at radius 3 is 2.77 bits per heavy atom. The molecule has 1 saturated carbocycles. The Balaban J connectivity index is 1.86. The van der Waals surface area contributed by atoms with Gasteiger partial charge in [0, 0.05) is 12.5 Å². The van der Waals surface area contributed by atoms with Gasteiger partial charge in [-0.3, -0.25) is 4.79 Å². The van der Waals surface area contributed by atoms with Crippen LogP contribution in [-0.4, -0.2) is 24.7 Å². The zero-order valence-electron chi connectivity index (χ0n) is 8.30. The number of carbonyl (C=O) groups is 1. The lowest BCUT2D eigenvalue weighted by Crippen LogP contribution is -2.47. The van der Waals surface area contributed by atoms with Crippen molar-refractivity contribution in [1.82, 2.24) is 5.32 Å². The standard InChI is InChI=1S/C10H17NO2/c1-7-5-8(7)9(12)11-10(2)3-4-13-6-10/h7-8H,3-6H2,1-2H3,(H,11,12). The molecular formula is C10H17NO2. The van der Waals surface area contributed by atoms with Crippen molar-refractivity contribution in [2.45, 2.75) is 32.2 Å². The number of hydrogen-bond donors (Lipinski definition) is 1. The largest absolute Gasteiger partial charge is 0.379 e. The summed E-state index contributed by atoms with van der Waals surface area (Å²) in [6.45, 7) is 5.62. The first kappa shape index (κ1) is 9.00. The van der Waals surface area contributed by atoms with Crippen LogP contribution in [0, 0.1) is 11.8 Å². The van der Waals surface area contributed by atoms with Gasteiger partial charge in [-0.2, -0.15) is 0 Å². The maximum atomic E-state index is 11.6. The van der Waals surface area contributed by atoms with Gasteiger partial charge in [-0.05, 0) is 25.7 Å². The third kappa shape index (κ3) is 1.85. The van der Waals surface area contributed by atoms with E-state index in [1.807, 2.05) is 0 Å². The predicted octanol–water partition coefficient (Wildman–Crippen LogP) is 0.938. The molecule has 3 nitrogen and oxygen atoms in total. The molecule has 1 saturated heterocycles. The van der Waals surface area contributed by atoms with Crippen LogP contribution in [0.25, 0.3) is 0 Å². The summed E-state index contributed by atoms with van der Waals surface area (Å²) < 4.78 is 5.27. The van der Waals surface area contributed by atoms with Crippen molar-refractivity contribution in [3.8, 4) is 0 Å². The van der Waals surface area contributed by atoms with Crippen molar-refractivity contribution in [2.24, 2.45) is 11.8 Å². The normalized spacial score (nSPS) is 43.2. The number of nitrogens with one attached hydrogen (secondary N) is 1. The molecule has 1 aliphatic carbocycles. The molecule has 3 atom stereocenters. The molecule has 0 bridgehead atoms. The third-order valence-electron chi connectivity index (χ3n) is 3.09. The van der Waals surface area contributed by atoms with Gasteiger partial charge in [-0.25, -0.2) is 0 Å². The van der Waals surface area contributed by atoms with Gasteiger partial charge in [-0.1, -0.05) is 6.92 Å². The number of rotatable bonds is 2. The van der Waals surface area contributed by atoms with Crippen molar-refractivity contribution in [1.29, 1.82) is 0 Å². The Hall–Kier alpha value is -0.570. The molecule has 2 fully saturated rings. The van der Waals surface area contributed by atoms with Crippen molar-refractivity contribution in [3.63, 3.8) is 0 Å². The van der Waals surface area contributed by atoms with E-state index < -0.39 is 0 Å². The summed E-state index contributed by atoms with van der Waals surface area (Å²) in [5, 5.41) is 3.08. The minimum absolute atomic E-state index is 0.0978. The smallest absolute Gasteiger partial charge is 0.223 e. The zero-order valence-corrected chi connectivity index (χ0v) is 8.30. The number of amides is 1. The summed E-state index contributed by atoms with van der Waals surface area (Å²) in [6.07, 6.45) is 2.00. The molecule has 3 unspecified atom stereocenters. The average molecular weight is 183 g/mol. The van der Waals surface area contributed by atoms with E-state index in [-0.39, 0.29) is 17.4 Å². The van der Waals surface area contributed by atoms with Gasteiger partial charge in [-0.15, -0.1) is 0 Å². The van der Waals surface area contributed by atoms with E-state index in [1.54, 1.807) is 0 Å². The van der Waals surface area contributed by atoms with Crippen LogP contribution >= 0.6 is 0 Å². The van der Waals surface area contributed by atoms with Crippen molar-refractivity contribution in [3.05, 3.63) is 0 Å². The van der Waals surface area contributed by atoms with E-state index in [2.05, 4.69) is 19.2 Å². The Labute approximate surface area is 78.8 Å². The van der Waals surface area contributed by atoms with Crippen molar-refractivity contribution >= 4 is 5.91 Å². The minimum atomic E-state index is -0.0978. The Bertz CT molecular complexity index is 221.